The monoisotopic (exact) mass is 512 g/mol. The van der Waals surface area contributed by atoms with Crippen LogP contribution in [0.5, 0.6) is 5.75 Å². The first-order chi connectivity index (χ1) is 18.2. The number of aromatic nitrogens is 3. The normalized spacial score (nSPS) is 17.2. The maximum absolute atomic E-state index is 13.2. The van der Waals surface area contributed by atoms with Gasteiger partial charge in [-0.3, -0.25) is 5.32 Å². The van der Waals surface area contributed by atoms with Gasteiger partial charge >= 0.3 is 6.03 Å². The number of pyridine rings is 1. The summed E-state index contributed by atoms with van der Waals surface area (Å²) in [5.41, 5.74) is 8.43. The van der Waals surface area contributed by atoms with Gasteiger partial charge in [0.05, 0.1) is 24.0 Å². The van der Waals surface area contributed by atoms with E-state index in [0.717, 1.165) is 40.0 Å². The van der Waals surface area contributed by atoms with Crippen LogP contribution in [0.1, 0.15) is 57.8 Å². The highest BCUT2D eigenvalue weighted by Crippen LogP contribution is 2.40. The zero-order valence-electron chi connectivity index (χ0n) is 22.5. The minimum absolute atomic E-state index is 0.110. The van der Waals surface area contributed by atoms with E-state index in [-0.39, 0.29) is 11.4 Å². The van der Waals surface area contributed by atoms with Crippen LogP contribution in [-0.4, -0.2) is 27.4 Å². The van der Waals surface area contributed by atoms with E-state index in [1.165, 1.54) is 6.42 Å². The summed E-state index contributed by atoms with van der Waals surface area (Å²) in [4.78, 5) is 17.2. The molecule has 5 rings (SSSR count). The zero-order chi connectivity index (χ0) is 26.9. The average molecular weight is 513 g/mol. The van der Waals surface area contributed by atoms with Gasteiger partial charge in [-0.2, -0.15) is 5.10 Å². The fourth-order valence-electron chi connectivity index (χ4n) is 4.82. The van der Waals surface area contributed by atoms with Crippen molar-refractivity contribution in [2.24, 2.45) is 5.92 Å². The Bertz CT molecular complexity index is 1450. The molecule has 4 aromatic rings. The van der Waals surface area contributed by atoms with Crippen molar-refractivity contribution in [2.45, 2.75) is 58.4 Å². The molecule has 1 fully saturated rings. The van der Waals surface area contributed by atoms with Crippen LogP contribution >= 0.6 is 0 Å². The number of carbonyl (C=O) groups excluding carboxylic acids is 1. The van der Waals surface area contributed by atoms with E-state index in [1.807, 2.05) is 59.3 Å². The maximum Gasteiger partial charge on any atom is 0.324 e. The molecule has 2 amide bonds. The highest BCUT2D eigenvalue weighted by Gasteiger charge is 2.32. The Morgan fingerprint density at radius 3 is 2.55 bits per heavy atom. The molecule has 1 unspecified atom stereocenters. The second-order valence-electron chi connectivity index (χ2n) is 11.2. The summed E-state index contributed by atoms with van der Waals surface area (Å²) < 4.78 is 8.12. The Morgan fingerprint density at radius 1 is 1.08 bits per heavy atom. The van der Waals surface area contributed by atoms with Gasteiger partial charge in [0.25, 0.3) is 0 Å². The molecule has 8 heteroatoms. The number of ether oxygens (including phenoxy) is 1. The van der Waals surface area contributed by atoms with Gasteiger partial charge in [-0.05, 0) is 48.6 Å². The van der Waals surface area contributed by atoms with Gasteiger partial charge in [-0.15, -0.1) is 0 Å². The van der Waals surface area contributed by atoms with E-state index in [1.54, 1.807) is 6.20 Å². The van der Waals surface area contributed by atoms with Gasteiger partial charge in [0.2, 0.25) is 0 Å². The zero-order valence-corrected chi connectivity index (χ0v) is 22.5. The number of hydrogen-bond donors (Lipinski definition) is 3. The molecule has 1 saturated carbocycles. The van der Waals surface area contributed by atoms with Gasteiger partial charge in [0.15, 0.2) is 0 Å². The number of nitrogen functional groups attached to an aromatic ring is 1. The predicted octanol–water partition coefficient (Wildman–Crippen LogP) is 6.55. The second-order valence-corrected chi connectivity index (χ2v) is 11.2. The van der Waals surface area contributed by atoms with Crippen LogP contribution in [0.25, 0.3) is 10.8 Å². The molecule has 0 saturated heterocycles. The first-order valence-corrected chi connectivity index (χ1v) is 13.2. The van der Waals surface area contributed by atoms with Gasteiger partial charge in [-0.25, -0.2) is 14.5 Å². The largest absolute Gasteiger partial charge is 0.493 e. The molecular formula is C30H36N6O2. The third-order valence-electron chi connectivity index (χ3n) is 7.26. The number of fused-ring (bicyclic) bond motifs is 1. The molecule has 2 atom stereocenters. The number of amides is 2. The summed E-state index contributed by atoms with van der Waals surface area (Å²) in [5, 5.41) is 12.8. The average Bonchev–Trinajstić information content (AvgIpc) is 3.27. The first kappa shape index (κ1) is 25.6. The Morgan fingerprint density at radius 2 is 1.87 bits per heavy atom. The van der Waals surface area contributed by atoms with Crippen LogP contribution in [0, 0.1) is 5.92 Å². The summed E-state index contributed by atoms with van der Waals surface area (Å²) in [6, 6.07) is 17.5. The van der Waals surface area contributed by atoms with E-state index in [9.17, 15) is 4.79 Å². The van der Waals surface area contributed by atoms with Crippen LogP contribution in [0.4, 0.5) is 22.1 Å². The summed E-state index contributed by atoms with van der Waals surface area (Å²) in [7, 11) is 0. The summed E-state index contributed by atoms with van der Waals surface area (Å²) >= 11 is 0. The molecule has 8 nitrogen and oxygen atoms in total. The Balaban J connectivity index is 1.32. The van der Waals surface area contributed by atoms with Crippen molar-refractivity contribution < 1.29 is 9.53 Å². The quantitative estimate of drug-likeness (QED) is 0.260. The lowest BCUT2D eigenvalue weighted by Gasteiger charge is -2.35. The highest BCUT2D eigenvalue weighted by molar-refractivity contribution is 6.07. The van der Waals surface area contributed by atoms with E-state index < -0.39 is 0 Å². The minimum Gasteiger partial charge on any atom is -0.493 e. The summed E-state index contributed by atoms with van der Waals surface area (Å²) in [6.45, 7) is 9.14. The molecule has 0 bridgehead atoms. The maximum atomic E-state index is 13.2. The summed E-state index contributed by atoms with van der Waals surface area (Å²) in [6.07, 6.45) is 4.67. The molecule has 38 heavy (non-hydrogen) atoms. The number of nitrogens with one attached hydrogen (secondary N) is 2. The number of benzene rings is 2. The molecule has 4 N–H and O–H groups in total. The first-order valence-electron chi connectivity index (χ1n) is 13.2. The Labute approximate surface area is 223 Å². The molecule has 1 aliphatic carbocycles. The molecule has 0 spiro atoms. The molecule has 0 aliphatic heterocycles. The molecule has 2 aromatic heterocycles. The van der Waals surface area contributed by atoms with Crippen molar-refractivity contribution in [3.8, 4) is 5.75 Å². The smallest absolute Gasteiger partial charge is 0.324 e. The molecule has 198 valence electrons. The number of rotatable bonds is 7. The third kappa shape index (κ3) is 5.44. The van der Waals surface area contributed by atoms with Crippen molar-refractivity contribution in [3.05, 3.63) is 72.1 Å². The van der Waals surface area contributed by atoms with Crippen LogP contribution in [0.3, 0.4) is 0 Å². The van der Waals surface area contributed by atoms with Crippen LogP contribution < -0.4 is 21.1 Å². The molecule has 2 heterocycles. The summed E-state index contributed by atoms with van der Waals surface area (Å²) in [5.74, 6) is 2.53. The number of urea groups is 1. The molecule has 0 radical (unpaired) electrons. The number of nitrogens with two attached hydrogens (primary N) is 1. The number of hydrogen-bond acceptors (Lipinski definition) is 5. The third-order valence-corrected chi connectivity index (χ3v) is 7.26. The van der Waals surface area contributed by atoms with Crippen molar-refractivity contribution in [1.82, 2.24) is 14.8 Å². The van der Waals surface area contributed by atoms with Crippen molar-refractivity contribution in [1.29, 1.82) is 0 Å². The number of anilines is 3. The topological polar surface area (TPSA) is 107 Å². The lowest BCUT2D eigenvalue weighted by molar-refractivity contribution is 0.186. The SMILES string of the molecule is C[C@H]1CCC1n1nc(C(C)(C)C)cc1NC(=O)Nc1ccc(OCCc2ccnc(N)c2)c2ccccc12. The lowest BCUT2D eigenvalue weighted by Crippen LogP contribution is -2.30. The molecule has 1 aliphatic rings. The fourth-order valence-corrected chi connectivity index (χ4v) is 4.82. The van der Waals surface area contributed by atoms with Crippen LogP contribution in [0.15, 0.2) is 60.8 Å². The van der Waals surface area contributed by atoms with E-state index >= 15 is 0 Å². The Hall–Kier alpha value is -4.07. The van der Waals surface area contributed by atoms with E-state index in [2.05, 4.69) is 43.3 Å². The molecule has 2 aromatic carbocycles. The number of carbonyl (C=O) groups is 1. The van der Waals surface area contributed by atoms with Crippen LogP contribution in [-0.2, 0) is 11.8 Å². The Kier molecular flexibility index (Phi) is 6.97. The van der Waals surface area contributed by atoms with Crippen molar-refractivity contribution in [3.63, 3.8) is 0 Å². The number of nitrogens with zero attached hydrogens (tertiary/aromatic N) is 3. The fraction of sp³-hybridized carbons (Fsp3) is 0.367. The van der Waals surface area contributed by atoms with Crippen molar-refractivity contribution >= 4 is 34.1 Å². The van der Waals surface area contributed by atoms with E-state index in [4.69, 9.17) is 15.6 Å². The second kappa shape index (κ2) is 10.4. The van der Waals surface area contributed by atoms with Gasteiger partial charge in [0, 0.05) is 34.9 Å². The predicted molar refractivity (Wildman–Crippen MR) is 153 cm³/mol. The molecular weight excluding hydrogens is 476 g/mol. The van der Waals surface area contributed by atoms with Gasteiger partial charge in [0.1, 0.15) is 17.4 Å². The highest BCUT2D eigenvalue weighted by atomic mass is 16.5. The van der Waals surface area contributed by atoms with Gasteiger partial charge < -0.3 is 15.8 Å². The van der Waals surface area contributed by atoms with Crippen LogP contribution in [0.2, 0.25) is 0 Å². The van der Waals surface area contributed by atoms with Gasteiger partial charge in [-0.1, -0.05) is 52.0 Å². The van der Waals surface area contributed by atoms with Crippen molar-refractivity contribution in [2.75, 3.05) is 23.0 Å². The standard InChI is InChI=1S/C30H36N6O2/c1-19-9-11-24(19)36-28(18-26(35-36)30(2,3)4)34-29(37)33-23-10-12-25(22-8-6-5-7-21(22)23)38-16-14-20-13-15-32-27(31)17-20/h5-8,10,12-13,15,17-19,24H,9,11,14,16H2,1-4H3,(H2,31,32)(H2,33,34,37)/t19-,24?/m0/s1. The lowest BCUT2D eigenvalue weighted by atomic mass is 9.81. The van der Waals surface area contributed by atoms with E-state index in [0.29, 0.717) is 36.5 Å². The minimum atomic E-state index is -0.298.